The molecule has 0 spiro atoms. The molecule has 0 saturated carbocycles. The fourth-order valence-corrected chi connectivity index (χ4v) is 4.55. The van der Waals surface area contributed by atoms with E-state index in [-0.39, 0.29) is 15.8 Å². The molecule has 2 aromatic rings. The van der Waals surface area contributed by atoms with Gasteiger partial charge in [0.05, 0.1) is 15.5 Å². The van der Waals surface area contributed by atoms with E-state index in [2.05, 4.69) is 0 Å². The van der Waals surface area contributed by atoms with Crippen molar-refractivity contribution in [1.29, 1.82) is 0 Å². The molecule has 0 amide bonds. The molecule has 2 rings (SSSR count). The number of sulfone groups is 1. The summed E-state index contributed by atoms with van der Waals surface area (Å²) in [6, 6.07) is 13.8. The van der Waals surface area contributed by atoms with Gasteiger partial charge in [-0.15, -0.1) is 0 Å². The molecule has 0 heterocycles. The average molecular weight is 353 g/mol. The van der Waals surface area contributed by atoms with E-state index in [9.17, 15) is 16.8 Å². The third-order valence-electron chi connectivity index (χ3n) is 3.29. The predicted octanol–water partition coefficient (Wildman–Crippen LogP) is 2.69. The Bertz CT molecular complexity index is 871. The minimum Gasteiger partial charge on any atom is -0.264 e. The van der Waals surface area contributed by atoms with E-state index in [4.69, 9.17) is 0 Å². The monoisotopic (exact) mass is 353 g/mol. The van der Waals surface area contributed by atoms with Crippen LogP contribution in [0.3, 0.4) is 0 Å². The predicted molar refractivity (Wildman–Crippen MR) is 90.8 cm³/mol. The van der Waals surface area contributed by atoms with Crippen LogP contribution in [-0.2, 0) is 19.9 Å². The minimum absolute atomic E-state index is 0.0578. The first-order chi connectivity index (χ1) is 10.6. The van der Waals surface area contributed by atoms with Crippen LogP contribution in [-0.4, -0.2) is 29.1 Å². The largest absolute Gasteiger partial charge is 0.264 e. The quantitative estimate of drug-likeness (QED) is 0.828. The molecule has 0 aromatic heterocycles. The van der Waals surface area contributed by atoms with Gasteiger partial charge in [0.1, 0.15) is 0 Å². The van der Waals surface area contributed by atoms with E-state index in [0.29, 0.717) is 5.69 Å². The fraction of sp³-hybridized carbons (Fsp3) is 0.250. The van der Waals surface area contributed by atoms with Crippen molar-refractivity contribution >= 4 is 25.5 Å². The Kier molecular flexibility index (Phi) is 4.81. The molecular formula is C16H19NO4S2. The third-order valence-corrected chi connectivity index (χ3v) is 6.44. The molecule has 0 aliphatic heterocycles. The lowest BCUT2D eigenvalue weighted by atomic mass is 10.3. The van der Waals surface area contributed by atoms with E-state index < -0.39 is 19.9 Å². The molecule has 0 bridgehead atoms. The molecule has 5 nitrogen and oxygen atoms in total. The van der Waals surface area contributed by atoms with Crippen LogP contribution in [0, 0.1) is 0 Å². The normalized spacial score (nSPS) is 12.3. The van der Waals surface area contributed by atoms with Crippen molar-refractivity contribution in [2.75, 3.05) is 10.6 Å². The minimum atomic E-state index is -3.78. The second kappa shape index (κ2) is 6.33. The number of nitrogens with zero attached hydrogens (tertiary/aromatic N) is 1. The van der Waals surface area contributed by atoms with E-state index >= 15 is 0 Å². The van der Waals surface area contributed by atoms with Crippen molar-refractivity contribution in [3.05, 3.63) is 54.6 Å². The maximum Gasteiger partial charge on any atom is 0.264 e. The highest BCUT2D eigenvalue weighted by Gasteiger charge is 2.27. The Hall–Kier alpha value is -1.86. The number of hydrogen-bond donors (Lipinski definition) is 0. The van der Waals surface area contributed by atoms with Crippen molar-refractivity contribution < 1.29 is 16.8 Å². The number of rotatable bonds is 5. The van der Waals surface area contributed by atoms with Crippen LogP contribution in [0.25, 0.3) is 0 Å². The molecule has 0 aliphatic rings. The molecule has 23 heavy (non-hydrogen) atoms. The van der Waals surface area contributed by atoms with Crippen molar-refractivity contribution in [2.24, 2.45) is 0 Å². The zero-order valence-electron chi connectivity index (χ0n) is 13.2. The standard InChI is InChI=1S/C16H19NO4S2/c1-13(2)17(14-7-5-4-6-8-14)23(20,21)16-11-9-15(10-12-16)22(3,18)19/h4-13H,1-3H3. The van der Waals surface area contributed by atoms with Crippen molar-refractivity contribution in [3.63, 3.8) is 0 Å². The van der Waals surface area contributed by atoms with Gasteiger partial charge in [-0.25, -0.2) is 16.8 Å². The van der Waals surface area contributed by atoms with Gasteiger partial charge >= 0.3 is 0 Å². The van der Waals surface area contributed by atoms with Gasteiger partial charge in [0.2, 0.25) is 0 Å². The highest BCUT2D eigenvalue weighted by atomic mass is 32.2. The van der Waals surface area contributed by atoms with E-state index in [1.165, 1.54) is 28.6 Å². The first-order valence-corrected chi connectivity index (χ1v) is 10.4. The molecule has 2 aromatic carbocycles. The van der Waals surface area contributed by atoms with Gasteiger partial charge in [0.15, 0.2) is 9.84 Å². The topological polar surface area (TPSA) is 71.5 Å². The Morgan fingerprint density at radius 2 is 1.26 bits per heavy atom. The van der Waals surface area contributed by atoms with Crippen molar-refractivity contribution in [2.45, 2.75) is 29.7 Å². The number of para-hydroxylation sites is 1. The Morgan fingerprint density at radius 3 is 1.70 bits per heavy atom. The molecule has 124 valence electrons. The molecule has 0 unspecified atom stereocenters. The molecular weight excluding hydrogens is 334 g/mol. The molecule has 0 saturated heterocycles. The van der Waals surface area contributed by atoms with Crippen LogP contribution in [0.1, 0.15) is 13.8 Å². The smallest absolute Gasteiger partial charge is 0.264 e. The lowest BCUT2D eigenvalue weighted by Crippen LogP contribution is -2.37. The molecule has 0 atom stereocenters. The van der Waals surface area contributed by atoms with Crippen LogP contribution in [0.4, 0.5) is 5.69 Å². The highest BCUT2D eigenvalue weighted by Crippen LogP contribution is 2.26. The molecule has 0 aliphatic carbocycles. The van der Waals surface area contributed by atoms with Crippen LogP contribution in [0.2, 0.25) is 0 Å². The van der Waals surface area contributed by atoms with Crippen LogP contribution in [0.15, 0.2) is 64.4 Å². The Balaban J connectivity index is 2.51. The summed E-state index contributed by atoms with van der Waals surface area (Å²) >= 11 is 0. The summed E-state index contributed by atoms with van der Waals surface area (Å²) in [5.74, 6) is 0. The first kappa shape index (κ1) is 17.5. The van der Waals surface area contributed by atoms with E-state index in [0.717, 1.165) is 6.26 Å². The summed E-state index contributed by atoms with van der Waals surface area (Å²) in [6.45, 7) is 3.57. The average Bonchev–Trinajstić information content (AvgIpc) is 2.47. The fourth-order valence-electron chi connectivity index (χ4n) is 2.26. The summed E-state index contributed by atoms with van der Waals surface area (Å²) in [7, 11) is -7.14. The molecule has 0 fully saturated rings. The molecule has 0 radical (unpaired) electrons. The van der Waals surface area contributed by atoms with Crippen LogP contribution in [0.5, 0.6) is 0 Å². The zero-order chi connectivity index (χ0) is 17.3. The van der Waals surface area contributed by atoms with Crippen LogP contribution >= 0.6 is 0 Å². The van der Waals surface area contributed by atoms with E-state index in [1.807, 2.05) is 6.07 Å². The van der Waals surface area contributed by atoms with Crippen molar-refractivity contribution in [1.82, 2.24) is 0 Å². The number of benzene rings is 2. The summed E-state index contributed by atoms with van der Waals surface area (Å²) in [4.78, 5) is 0.148. The summed E-state index contributed by atoms with van der Waals surface area (Å²) < 4.78 is 50.1. The third kappa shape index (κ3) is 3.73. The highest BCUT2D eigenvalue weighted by molar-refractivity contribution is 7.93. The van der Waals surface area contributed by atoms with Gasteiger partial charge < -0.3 is 0 Å². The zero-order valence-corrected chi connectivity index (χ0v) is 14.8. The molecule has 0 N–H and O–H groups in total. The van der Waals surface area contributed by atoms with Gasteiger partial charge in [-0.2, -0.15) is 0 Å². The van der Waals surface area contributed by atoms with Crippen molar-refractivity contribution in [3.8, 4) is 0 Å². The number of anilines is 1. The number of sulfonamides is 1. The first-order valence-electron chi connectivity index (χ1n) is 7.03. The second-order valence-corrected chi connectivity index (χ2v) is 9.30. The summed E-state index contributed by atoms with van der Waals surface area (Å²) in [6.07, 6.45) is 1.08. The maximum atomic E-state index is 12.9. The summed E-state index contributed by atoms with van der Waals surface area (Å²) in [5, 5.41) is 0. The van der Waals surface area contributed by atoms with Gasteiger partial charge in [0.25, 0.3) is 10.0 Å². The number of hydrogen-bond acceptors (Lipinski definition) is 4. The Morgan fingerprint density at radius 1 is 0.783 bits per heavy atom. The van der Waals surface area contributed by atoms with Crippen LogP contribution < -0.4 is 4.31 Å². The van der Waals surface area contributed by atoms with Gasteiger partial charge in [-0.05, 0) is 50.2 Å². The van der Waals surface area contributed by atoms with Gasteiger partial charge in [-0.1, -0.05) is 18.2 Å². The SMILES string of the molecule is CC(C)N(c1ccccc1)S(=O)(=O)c1ccc(S(C)(=O)=O)cc1. The molecule has 7 heteroatoms. The Labute approximate surface area is 137 Å². The lowest BCUT2D eigenvalue weighted by Gasteiger charge is -2.28. The maximum absolute atomic E-state index is 12.9. The summed E-state index contributed by atoms with van der Waals surface area (Å²) in [5.41, 5.74) is 0.565. The van der Waals surface area contributed by atoms with E-state index in [1.54, 1.807) is 38.1 Å². The second-order valence-electron chi connectivity index (χ2n) is 5.47. The lowest BCUT2D eigenvalue weighted by molar-refractivity contribution is 0.583. The van der Waals surface area contributed by atoms with Gasteiger partial charge in [0, 0.05) is 12.3 Å². The van der Waals surface area contributed by atoms with Gasteiger partial charge in [-0.3, -0.25) is 4.31 Å².